The second-order valence-electron chi connectivity index (χ2n) is 3.73. The fourth-order valence-electron chi connectivity index (χ4n) is 1.32. The first-order valence-electron chi connectivity index (χ1n) is 5.97. The Bertz CT molecular complexity index is 238. The van der Waals surface area contributed by atoms with Gasteiger partial charge in [-0.3, -0.25) is 0 Å². The van der Waals surface area contributed by atoms with Crippen LogP contribution in [0, 0.1) is 39.2 Å². The Morgan fingerprint density at radius 1 is 1.18 bits per heavy atom. The number of ether oxygens (including phenoxy) is 1. The molecule has 0 rings (SSSR count). The second-order valence-corrected chi connectivity index (χ2v) is 3.73. The van der Waals surface area contributed by atoms with E-state index in [1.165, 1.54) is 6.47 Å². The molecule has 0 fully saturated rings. The summed E-state index contributed by atoms with van der Waals surface area (Å²) in [6, 6.07) is 0. The van der Waals surface area contributed by atoms with Gasteiger partial charge in [0, 0.05) is 30.1 Å². The van der Waals surface area contributed by atoms with Crippen molar-refractivity contribution in [2.45, 2.75) is 45.1 Å². The van der Waals surface area contributed by atoms with E-state index in [9.17, 15) is 4.79 Å². The van der Waals surface area contributed by atoms with Crippen molar-refractivity contribution in [1.29, 1.82) is 0 Å². The molecular weight excluding hydrogens is 332 g/mol. The van der Waals surface area contributed by atoms with Crippen LogP contribution >= 0.6 is 0 Å². The van der Waals surface area contributed by atoms with Crippen molar-refractivity contribution in [3.63, 3.8) is 0 Å². The third kappa shape index (κ3) is 27.5. The maximum Gasteiger partial charge on any atom is 0 e. The number of carbonyl (C=O) groups excluding carboxylic acids is 1. The average molecular weight is 352 g/mol. The summed E-state index contributed by atoms with van der Waals surface area (Å²) in [5.74, 6) is 0. The van der Waals surface area contributed by atoms with Gasteiger partial charge >= 0.3 is 33.9 Å². The minimum atomic E-state index is -0.595. The van der Waals surface area contributed by atoms with Gasteiger partial charge in [0.1, 0.15) is 0 Å². The van der Waals surface area contributed by atoms with Gasteiger partial charge in [-0.25, -0.2) is 0 Å². The average Bonchev–Trinajstić information content (AvgIpc) is 2.54. The van der Waals surface area contributed by atoms with Crippen LogP contribution in [0.25, 0.3) is 0 Å². The summed E-state index contributed by atoms with van der Waals surface area (Å²) < 4.78 is 27.4. The van der Waals surface area contributed by atoms with Crippen LogP contribution in [0.5, 0.6) is 0 Å². The number of aliphatic hydroxyl groups is 1. The minimum Gasteiger partial charge on any atom is 0 e. The summed E-state index contributed by atoms with van der Waals surface area (Å²) in [4.78, 5) is 10.2. The molecule has 0 aromatic rings. The first kappa shape index (κ1) is 32.9. The molecule has 3 radical (unpaired) electrons. The molecule has 1 N–H and O–H groups in total. The van der Waals surface area contributed by atoms with Crippen molar-refractivity contribution in [3.8, 4) is 0 Å². The SMILES string of the molecule is CCCCCC(C)([CH][CH][CH]CO)O[C-]=O.[C-]#[O+].[C-]#[O+].[C-]#[O+].[Fe]. The molecule has 0 saturated carbocycles. The summed E-state index contributed by atoms with van der Waals surface area (Å²) in [7, 11) is 0. The number of hydrogen-bond acceptors (Lipinski definition) is 3. The summed E-state index contributed by atoms with van der Waals surface area (Å²) in [6.07, 6.45) is 9.14. The standard InChI is InChI=1S/C12H20O3.3CO.Fe/c1-3-4-5-8-12(2,15-11-14)9-6-7-10-13;3*1-2;/h6-7,9,13H,3-5,8,10H2,1-2H3;;;;/q-1;;;;. The molecule has 0 bridgehead atoms. The molecule has 0 spiro atoms. The summed E-state index contributed by atoms with van der Waals surface area (Å²) in [5.41, 5.74) is -0.595. The van der Waals surface area contributed by atoms with Crippen LogP contribution in [0.1, 0.15) is 39.5 Å². The number of hydrogen-bond donors (Lipinski definition) is 1. The van der Waals surface area contributed by atoms with Gasteiger partial charge in [0.05, 0.1) is 5.60 Å². The molecule has 0 aliphatic rings. The van der Waals surface area contributed by atoms with Crippen LogP contribution in [0.15, 0.2) is 0 Å². The third-order valence-electron chi connectivity index (χ3n) is 2.24. The Morgan fingerprint density at radius 3 is 2.05 bits per heavy atom. The quantitative estimate of drug-likeness (QED) is 0.281. The summed E-state index contributed by atoms with van der Waals surface area (Å²) in [5, 5.41) is 8.58. The molecule has 0 aromatic carbocycles. The Labute approximate surface area is 143 Å². The molecule has 1 atom stereocenters. The van der Waals surface area contributed by atoms with E-state index in [1.54, 1.807) is 19.3 Å². The molecule has 0 aromatic heterocycles. The number of unbranched alkanes of at least 4 members (excludes halogenated alkanes) is 3. The normalized spacial score (nSPS) is 10.2. The molecule has 7 heteroatoms. The van der Waals surface area contributed by atoms with E-state index in [1.807, 2.05) is 6.92 Å². The largest absolute Gasteiger partial charge is 0 e. The van der Waals surface area contributed by atoms with Crippen LogP contribution in [0.3, 0.4) is 0 Å². The predicted octanol–water partition coefficient (Wildman–Crippen LogP) is 1.90. The van der Waals surface area contributed by atoms with Crippen molar-refractivity contribution in [3.05, 3.63) is 39.2 Å². The van der Waals surface area contributed by atoms with Crippen LogP contribution in [0.4, 0.5) is 0 Å². The monoisotopic (exact) mass is 352 g/mol. The predicted molar refractivity (Wildman–Crippen MR) is 71.1 cm³/mol. The van der Waals surface area contributed by atoms with Gasteiger partial charge in [-0.1, -0.05) is 26.2 Å². The van der Waals surface area contributed by atoms with E-state index in [-0.39, 0.29) is 23.7 Å². The molecule has 6 nitrogen and oxygen atoms in total. The summed E-state index contributed by atoms with van der Waals surface area (Å²) >= 11 is 0. The number of rotatable bonds is 10. The second kappa shape index (κ2) is 32.2. The van der Waals surface area contributed by atoms with Gasteiger partial charge in [-0.2, -0.15) is 0 Å². The molecule has 22 heavy (non-hydrogen) atoms. The number of aliphatic hydroxyl groups excluding tert-OH is 1. The molecule has 0 heterocycles. The third-order valence-corrected chi connectivity index (χ3v) is 2.24. The Kier molecular flexibility index (Phi) is 48.2. The zero-order valence-corrected chi connectivity index (χ0v) is 13.7. The summed E-state index contributed by atoms with van der Waals surface area (Å²) in [6.45, 7) is 18.9. The van der Waals surface area contributed by atoms with Gasteiger partial charge in [0.15, 0.2) is 0 Å². The minimum absolute atomic E-state index is 0. The molecule has 0 amide bonds. The van der Waals surface area contributed by atoms with E-state index < -0.39 is 5.60 Å². The molecular formula is C15H20FeO6-. The first-order chi connectivity index (χ1) is 10.2. The van der Waals surface area contributed by atoms with Crippen LogP contribution in [-0.2, 0) is 40.6 Å². The first-order valence-corrected chi connectivity index (χ1v) is 5.97. The fourth-order valence-corrected chi connectivity index (χ4v) is 1.32. The molecule has 0 aliphatic carbocycles. The maximum absolute atomic E-state index is 10.2. The topological polar surface area (TPSA) is 106 Å². The fraction of sp³-hybridized carbons (Fsp3) is 0.533. The van der Waals surface area contributed by atoms with Crippen molar-refractivity contribution in [1.82, 2.24) is 0 Å². The van der Waals surface area contributed by atoms with Crippen molar-refractivity contribution < 1.29 is 45.7 Å². The van der Waals surface area contributed by atoms with E-state index >= 15 is 0 Å². The van der Waals surface area contributed by atoms with Gasteiger partial charge in [-0.05, 0) is 32.6 Å². The maximum atomic E-state index is 10.2. The van der Waals surface area contributed by atoms with E-state index in [4.69, 9.17) is 23.8 Å². The van der Waals surface area contributed by atoms with Gasteiger partial charge < -0.3 is 14.6 Å². The van der Waals surface area contributed by atoms with Gasteiger partial charge in [0.25, 0.3) is 0 Å². The van der Waals surface area contributed by atoms with E-state index in [2.05, 4.69) is 26.9 Å². The Morgan fingerprint density at radius 2 is 1.68 bits per heavy atom. The molecule has 0 saturated heterocycles. The van der Waals surface area contributed by atoms with Gasteiger partial charge in [0.2, 0.25) is 0 Å². The molecule has 1 unspecified atom stereocenters. The van der Waals surface area contributed by atoms with Crippen LogP contribution < -0.4 is 0 Å². The Hall–Kier alpha value is -0.831. The van der Waals surface area contributed by atoms with Crippen LogP contribution in [0.2, 0.25) is 0 Å². The smallest absolute Gasteiger partial charge is 0 e. The van der Waals surface area contributed by atoms with Crippen LogP contribution in [-0.4, -0.2) is 23.8 Å². The Balaban J connectivity index is -0.000000122. The van der Waals surface area contributed by atoms with Gasteiger partial charge in [-0.15, -0.1) is 0 Å². The molecule has 0 aliphatic heterocycles. The zero-order chi connectivity index (χ0) is 17.6. The van der Waals surface area contributed by atoms with Crippen molar-refractivity contribution >= 4 is 6.47 Å². The van der Waals surface area contributed by atoms with E-state index in [0.717, 1.165) is 25.7 Å². The van der Waals surface area contributed by atoms with Crippen molar-refractivity contribution in [2.75, 3.05) is 6.61 Å². The zero-order valence-electron chi connectivity index (χ0n) is 12.6. The van der Waals surface area contributed by atoms with E-state index in [0.29, 0.717) is 0 Å². The van der Waals surface area contributed by atoms with Crippen molar-refractivity contribution in [2.24, 2.45) is 0 Å². The molecule has 125 valence electrons.